The van der Waals surface area contributed by atoms with Crippen LogP contribution in [-0.2, 0) is 18.6 Å². The number of aromatic nitrogens is 2. The molecule has 1 unspecified atom stereocenters. The molecule has 0 bridgehead atoms. The van der Waals surface area contributed by atoms with Gasteiger partial charge in [-0.05, 0) is 0 Å². The van der Waals surface area contributed by atoms with Crippen molar-refractivity contribution in [1.29, 1.82) is 0 Å². The Balaban J connectivity index is 1.87. The summed E-state index contributed by atoms with van der Waals surface area (Å²) in [6, 6.07) is 0. The van der Waals surface area contributed by atoms with Gasteiger partial charge in [-0.25, -0.2) is 4.57 Å². The molecule has 14 heteroatoms. The summed E-state index contributed by atoms with van der Waals surface area (Å²) in [5, 5.41) is 10.6. The molecule has 0 amide bonds. The number of ether oxygens (including phenoxy) is 2. The van der Waals surface area contributed by atoms with Crippen LogP contribution in [0.3, 0.4) is 0 Å². The quantitative estimate of drug-likeness (QED) is 0.340. The van der Waals surface area contributed by atoms with Gasteiger partial charge in [-0.15, -0.1) is 0 Å². The Labute approximate surface area is 147 Å². The number of nitrogens with one attached hydrogen (secondary N) is 1. The number of aliphatic hydroxyl groups is 1. The first-order valence-electron chi connectivity index (χ1n) is 7.56. The number of nitrogen functional groups attached to an aromatic ring is 1. The molecule has 1 fully saturated rings. The molecule has 146 valence electrons. The van der Waals surface area contributed by atoms with Gasteiger partial charge in [0.25, 0.3) is 5.56 Å². The van der Waals surface area contributed by atoms with Gasteiger partial charge in [0.1, 0.15) is 24.0 Å². The average molecular weight is 393 g/mol. The Kier molecular flexibility index (Phi) is 4.96. The van der Waals surface area contributed by atoms with E-state index in [0.717, 1.165) is 0 Å². The Morgan fingerprint density at radius 3 is 2.81 bits per heavy atom. The number of H-pyrrole nitrogens is 1. The van der Waals surface area contributed by atoms with Crippen LogP contribution in [0.4, 0.5) is 17.5 Å². The lowest BCUT2D eigenvalue weighted by Gasteiger charge is -2.27. The number of methoxy groups -OCH3 is 1. The van der Waals surface area contributed by atoms with Crippen molar-refractivity contribution < 1.29 is 33.5 Å². The van der Waals surface area contributed by atoms with Gasteiger partial charge in [0.15, 0.2) is 12.0 Å². The van der Waals surface area contributed by atoms with Crippen LogP contribution in [0.15, 0.2) is 4.79 Å². The van der Waals surface area contributed by atoms with E-state index in [9.17, 15) is 14.5 Å². The second-order valence-electron chi connectivity index (χ2n) is 5.97. The summed E-state index contributed by atoms with van der Waals surface area (Å²) >= 11 is 0. The number of aromatic amines is 1. The standard InChI is InChI=1S/C12H20N5O8P/c1-16-4-17(9-6(16)10(19)15-12(13)14-9)11-7(18)8(23-2)5(25-11)3-24-26(20,21)22/h5,7-8,11,18H,3-4H2,1-2H3,(H2,20,21,22)(H3,13,14,15,19)/t5-,7+,8?,11-/m0/s1. The first kappa shape index (κ1) is 19.0. The van der Waals surface area contributed by atoms with Gasteiger partial charge in [0.2, 0.25) is 5.95 Å². The maximum atomic E-state index is 12.1. The van der Waals surface area contributed by atoms with E-state index in [4.69, 9.17) is 25.0 Å². The van der Waals surface area contributed by atoms with Gasteiger partial charge in [-0.1, -0.05) is 0 Å². The van der Waals surface area contributed by atoms with E-state index in [0.29, 0.717) is 0 Å². The predicted molar refractivity (Wildman–Crippen MR) is 88.5 cm³/mol. The molecule has 26 heavy (non-hydrogen) atoms. The second-order valence-corrected chi connectivity index (χ2v) is 7.21. The largest absolute Gasteiger partial charge is 0.469 e. The van der Waals surface area contributed by atoms with Gasteiger partial charge in [0.05, 0.1) is 13.3 Å². The summed E-state index contributed by atoms with van der Waals surface area (Å²) in [4.78, 5) is 39.5. The monoisotopic (exact) mass is 393 g/mol. The van der Waals surface area contributed by atoms with Crippen LogP contribution in [0.2, 0.25) is 0 Å². The molecule has 1 aromatic rings. The summed E-state index contributed by atoms with van der Waals surface area (Å²) in [7, 11) is -1.72. The van der Waals surface area contributed by atoms with Crippen LogP contribution >= 0.6 is 7.82 Å². The molecule has 13 nitrogen and oxygen atoms in total. The van der Waals surface area contributed by atoms with Gasteiger partial charge < -0.3 is 39.9 Å². The summed E-state index contributed by atoms with van der Waals surface area (Å²) in [5.74, 6) is 0.135. The smallest absolute Gasteiger partial charge is 0.386 e. The minimum atomic E-state index is -4.71. The highest BCUT2D eigenvalue weighted by Gasteiger charge is 2.50. The molecular formula is C12H20N5O8P. The number of nitrogens with two attached hydrogens (primary N) is 1. The van der Waals surface area contributed by atoms with Crippen LogP contribution < -0.4 is 21.1 Å². The molecule has 2 aliphatic heterocycles. The number of anilines is 3. The maximum Gasteiger partial charge on any atom is 0.469 e. The second kappa shape index (κ2) is 6.78. The SMILES string of the molecule is COC1[C@H](COP(=O)(O)O)O[C@H](N2CN(C)c3c2nc(N)[nH]c3=O)[C@@H]1O. The summed E-state index contributed by atoms with van der Waals surface area (Å²) in [6.45, 7) is -0.309. The fourth-order valence-corrected chi connectivity index (χ4v) is 3.50. The lowest BCUT2D eigenvalue weighted by Crippen LogP contribution is -2.46. The molecule has 1 aromatic heterocycles. The van der Waals surface area contributed by atoms with E-state index in [-0.39, 0.29) is 24.1 Å². The number of nitrogens with zero attached hydrogens (tertiary/aromatic N) is 3. The number of rotatable bonds is 5. The third-order valence-electron chi connectivity index (χ3n) is 4.21. The fourth-order valence-electron chi connectivity index (χ4n) is 3.16. The van der Waals surface area contributed by atoms with E-state index < -0.39 is 44.5 Å². The van der Waals surface area contributed by atoms with E-state index in [1.807, 2.05) is 0 Å². The number of fused-ring (bicyclic) bond motifs is 1. The molecule has 0 aliphatic carbocycles. The van der Waals surface area contributed by atoms with Gasteiger partial charge in [-0.2, -0.15) is 4.98 Å². The maximum absolute atomic E-state index is 12.1. The molecule has 1 saturated heterocycles. The lowest BCUT2D eigenvalue weighted by molar-refractivity contribution is -0.0354. The Hall–Kier alpha value is -1.73. The van der Waals surface area contributed by atoms with Gasteiger partial charge in [0, 0.05) is 14.2 Å². The van der Waals surface area contributed by atoms with Crippen LogP contribution in [0, 0.1) is 0 Å². The molecule has 3 rings (SSSR count). The zero-order valence-corrected chi connectivity index (χ0v) is 14.9. The predicted octanol–water partition coefficient (Wildman–Crippen LogP) is -2.22. The first-order chi connectivity index (χ1) is 12.1. The highest BCUT2D eigenvalue weighted by atomic mass is 31.2. The molecular weight excluding hydrogens is 373 g/mol. The van der Waals surface area contributed by atoms with E-state index in [1.54, 1.807) is 11.9 Å². The zero-order chi connectivity index (χ0) is 19.2. The highest BCUT2D eigenvalue weighted by molar-refractivity contribution is 7.46. The van der Waals surface area contributed by atoms with Crippen molar-refractivity contribution in [2.45, 2.75) is 24.5 Å². The van der Waals surface area contributed by atoms with Crippen molar-refractivity contribution in [1.82, 2.24) is 9.97 Å². The van der Waals surface area contributed by atoms with Crippen LogP contribution in [-0.4, -0.2) is 76.8 Å². The molecule has 6 N–H and O–H groups in total. The topological polar surface area (TPSA) is 184 Å². The Morgan fingerprint density at radius 1 is 1.50 bits per heavy atom. The number of hydrogen-bond acceptors (Lipinski definition) is 10. The van der Waals surface area contributed by atoms with Crippen LogP contribution in [0.1, 0.15) is 0 Å². The zero-order valence-electron chi connectivity index (χ0n) is 14.0. The average Bonchev–Trinajstić information content (AvgIpc) is 3.01. The van der Waals surface area contributed by atoms with Gasteiger partial charge >= 0.3 is 7.82 Å². The third kappa shape index (κ3) is 3.42. The van der Waals surface area contributed by atoms with Crippen molar-refractivity contribution in [3.63, 3.8) is 0 Å². The number of aliphatic hydroxyl groups excluding tert-OH is 1. The minimum absolute atomic E-state index is 0.0915. The Morgan fingerprint density at radius 2 is 2.19 bits per heavy atom. The minimum Gasteiger partial charge on any atom is -0.386 e. The molecule has 0 radical (unpaired) electrons. The fraction of sp³-hybridized carbons (Fsp3) is 0.667. The van der Waals surface area contributed by atoms with Crippen molar-refractivity contribution >= 4 is 25.3 Å². The Bertz CT molecular complexity index is 783. The molecule has 0 spiro atoms. The summed E-state index contributed by atoms with van der Waals surface area (Å²) in [5.41, 5.74) is 5.43. The van der Waals surface area contributed by atoms with Crippen molar-refractivity contribution in [3.8, 4) is 0 Å². The van der Waals surface area contributed by atoms with Crippen molar-refractivity contribution in [2.75, 3.05) is 43.0 Å². The number of phosphoric acid groups is 1. The third-order valence-corrected chi connectivity index (χ3v) is 4.69. The molecule has 0 saturated carbocycles. The molecule has 0 aromatic carbocycles. The van der Waals surface area contributed by atoms with E-state index in [1.165, 1.54) is 12.0 Å². The lowest BCUT2D eigenvalue weighted by atomic mass is 10.1. The van der Waals surface area contributed by atoms with Crippen molar-refractivity contribution in [3.05, 3.63) is 10.4 Å². The van der Waals surface area contributed by atoms with Crippen LogP contribution in [0.5, 0.6) is 0 Å². The number of hydrogen-bond donors (Lipinski definition) is 5. The molecule has 4 atom stereocenters. The molecule has 3 heterocycles. The summed E-state index contributed by atoms with van der Waals surface area (Å²) < 4.78 is 26.3. The van der Waals surface area contributed by atoms with Gasteiger partial charge in [-0.3, -0.25) is 14.3 Å². The van der Waals surface area contributed by atoms with E-state index >= 15 is 0 Å². The summed E-state index contributed by atoms with van der Waals surface area (Å²) in [6.07, 6.45) is -4.02. The van der Waals surface area contributed by atoms with Crippen LogP contribution in [0.25, 0.3) is 0 Å². The van der Waals surface area contributed by atoms with E-state index in [2.05, 4.69) is 14.5 Å². The molecule has 2 aliphatic rings. The normalized spacial score (nSPS) is 28.7. The number of phosphoric ester groups is 1. The first-order valence-corrected chi connectivity index (χ1v) is 9.09. The highest BCUT2D eigenvalue weighted by Crippen LogP contribution is 2.39. The van der Waals surface area contributed by atoms with Crippen molar-refractivity contribution in [2.24, 2.45) is 0 Å².